The van der Waals surface area contributed by atoms with Gasteiger partial charge in [-0.3, -0.25) is 0 Å². The summed E-state index contributed by atoms with van der Waals surface area (Å²) in [5.74, 6) is 0.553. The molecule has 1 aliphatic heterocycles. The molecule has 2 aromatic carbocycles. The Labute approximate surface area is 236 Å². The van der Waals surface area contributed by atoms with Gasteiger partial charge in [-0.05, 0) is 73.1 Å². The number of likely N-dealkylation sites (N-methyl/N-ethyl adjacent to an activating group) is 1. The van der Waals surface area contributed by atoms with Gasteiger partial charge < -0.3 is 30.3 Å². The SMILES string of the molecule is CCCSC[C@@H]1C[C@@H]2c3cccc4[nH]c(Sc5ccccc5)c(c34)C[C@H]2N(C)C1.O=C(O)C(O)C(O)C(=O)O. The van der Waals surface area contributed by atoms with Gasteiger partial charge in [0.1, 0.15) is 0 Å². The maximum absolute atomic E-state index is 9.77. The highest BCUT2D eigenvalue weighted by Gasteiger charge is 2.40. The van der Waals surface area contributed by atoms with E-state index in [4.69, 9.17) is 20.4 Å². The summed E-state index contributed by atoms with van der Waals surface area (Å²) in [5.41, 5.74) is 4.44. The molecule has 5 N–H and O–H groups in total. The summed E-state index contributed by atoms with van der Waals surface area (Å²) in [6.45, 7) is 3.53. The number of carboxylic acids is 2. The number of carbonyl (C=O) groups is 2. The van der Waals surface area contributed by atoms with E-state index in [0.29, 0.717) is 12.0 Å². The van der Waals surface area contributed by atoms with Crippen LogP contribution in [-0.4, -0.2) is 85.6 Å². The Bertz CT molecular complexity index is 1270. The number of carboxylic acid groups (broad SMARTS) is 2. The van der Waals surface area contributed by atoms with E-state index in [0.717, 1.165) is 5.92 Å². The molecule has 2 aliphatic rings. The first-order valence-corrected chi connectivity index (χ1v) is 15.1. The number of hydrogen-bond acceptors (Lipinski definition) is 7. The molecule has 5 rings (SSSR count). The fraction of sp³-hybridized carbons (Fsp3) is 0.448. The van der Waals surface area contributed by atoms with Crippen molar-refractivity contribution in [3.63, 3.8) is 0 Å². The Balaban J connectivity index is 0.000000303. The van der Waals surface area contributed by atoms with Gasteiger partial charge in [-0.2, -0.15) is 11.8 Å². The molecule has 0 spiro atoms. The number of H-pyrrole nitrogens is 1. The zero-order valence-corrected chi connectivity index (χ0v) is 23.8. The first-order valence-electron chi connectivity index (χ1n) is 13.2. The Morgan fingerprint density at radius 3 is 2.38 bits per heavy atom. The fourth-order valence-electron chi connectivity index (χ4n) is 5.59. The number of benzene rings is 2. The molecular weight excluding hydrogens is 536 g/mol. The quantitative estimate of drug-likeness (QED) is 0.238. The van der Waals surface area contributed by atoms with Crippen molar-refractivity contribution < 1.29 is 30.0 Å². The number of hydrogen-bond donors (Lipinski definition) is 5. The zero-order chi connectivity index (χ0) is 28.1. The number of fused-ring (bicyclic) bond motifs is 2. The lowest BCUT2D eigenvalue weighted by Crippen LogP contribution is -2.48. The molecule has 1 fully saturated rings. The topological polar surface area (TPSA) is 134 Å². The molecule has 1 saturated heterocycles. The monoisotopic (exact) mass is 572 g/mol. The van der Waals surface area contributed by atoms with Crippen LogP contribution in [0, 0.1) is 5.92 Å². The summed E-state index contributed by atoms with van der Waals surface area (Å²) in [6, 6.07) is 18.3. The number of nitrogens with zero attached hydrogens (tertiary/aromatic N) is 1. The highest BCUT2D eigenvalue weighted by Crippen LogP contribution is 2.48. The molecule has 0 bridgehead atoms. The molecule has 3 aromatic rings. The van der Waals surface area contributed by atoms with Crippen LogP contribution in [0.15, 0.2) is 58.5 Å². The van der Waals surface area contributed by atoms with Crippen molar-refractivity contribution in [3.05, 3.63) is 59.7 Å². The third-order valence-corrected chi connectivity index (χ3v) is 9.83. The van der Waals surface area contributed by atoms with E-state index < -0.39 is 24.1 Å². The molecule has 0 saturated carbocycles. The molecule has 1 aromatic heterocycles. The minimum absolute atomic E-state index is 0.631. The van der Waals surface area contributed by atoms with Gasteiger partial charge in [0.05, 0.1) is 5.03 Å². The molecular formula is C29H36N2O6S2. The van der Waals surface area contributed by atoms with E-state index in [-0.39, 0.29) is 0 Å². The fourth-order valence-corrected chi connectivity index (χ4v) is 7.62. The number of aliphatic carboxylic acids is 2. The van der Waals surface area contributed by atoms with Crippen LogP contribution in [0.1, 0.15) is 36.8 Å². The van der Waals surface area contributed by atoms with E-state index in [9.17, 15) is 9.59 Å². The van der Waals surface area contributed by atoms with Crippen LogP contribution in [0.5, 0.6) is 0 Å². The zero-order valence-electron chi connectivity index (χ0n) is 22.1. The Hall–Kier alpha value is -2.50. The molecule has 2 unspecified atom stereocenters. The Morgan fingerprint density at radius 1 is 1.05 bits per heavy atom. The van der Waals surface area contributed by atoms with Gasteiger partial charge in [0.15, 0.2) is 12.2 Å². The standard InChI is InChI=1S/C25H30N2S2.C4H6O6/c1-3-12-28-16-17-13-20-19-10-7-11-22-24(19)21(14-23(20)27(2)15-17)25(26-22)29-18-8-5-4-6-9-18;5-1(3(7)8)2(6)4(9)10/h4-11,17,20,23,26H,3,12-16H2,1-2H3;1-2,5-6H,(H,7,8)(H,9,10)/t17-,20-,23-;/m1./s1. The molecule has 10 heteroatoms. The molecule has 39 heavy (non-hydrogen) atoms. The number of likely N-dealkylation sites (tertiary alicyclic amines) is 1. The highest BCUT2D eigenvalue weighted by molar-refractivity contribution is 7.99. The average molecular weight is 573 g/mol. The smallest absolute Gasteiger partial charge is 0.335 e. The molecule has 0 radical (unpaired) electrons. The van der Waals surface area contributed by atoms with Crippen LogP contribution in [0.25, 0.3) is 10.9 Å². The number of aliphatic hydroxyl groups excluding tert-OH is 2. The van der Waals surface area contributed by atoms with Gasteiger partial charge in [0.2, 0.25) is 0 Å². The van der Waals surface area contributed by atoms with Gasteiger partial charge in [-0.15, -0.1) is 0 Å². The molecule has 210 valence electrons. The third-order valence-electron chi connectivity index (χ3n) is 7.37. The van der Waals surface area contributed by atoms with E-state index in [2.05, 4.69) is 84.1 Å². The second-order valence-electron chi connectivity index (χ2n) is 10.2. The summed E-state index contributed by atoms with van der Waals surface area (Å²) in [6.07, 6.45) is -0.735. The third kappa shape index (κ3) is 6.81. The second-order valence-corrected chi connectivity index (χ2v) is 12.4. The summed E-state index contributed by atoms with van der Waals surface area (Å²) in [7, 11) is 2.36. The van der Waals surface area contributed by atoms with E-state index in [1.807, 2.05) is 11.8 Å². The van der Waals surface area contributed by atoms with Crippen LogP contribution in [0.2, 0.25) is 0 Å². The highest BCUT2D eigenvalue weighted by atomic mass is 32.2. The van der Waals surface area contributed by atoms with Crippen molar-refractivity contribution in [2.45, 2.75) is 60.3 Å². The minimum atomic E-state index is -2.27. The van der Waals surface area contributed by atoms with Crippen LogP contribution in [0.3, 0.4) is 0 Å². The number of rotatable bonds is 9. The van der Waals surface area contributed by atoms with Gasteiger partial charge in [0.25, 0.3) is 0 Å². The van der Waals surface area contributed by atoms with Crippen molar-refractivity contribution in [2.75, 3.05) is 25.1 Å². The second kappa shape index (κ2) is 13.2. The predicted octanol–water partition coefficient (Wildman–Crippen LogP) is 4.30. The van der Waals surface area contributed by atoms with Crippen molar-refractivity contribution in [2.24, 2.45) is 5.92 Å². The molecule has 0 amide bonds. The Kier molecular flexibility index (Phi) is 10.0. The van der Waals surface area contributed by atoms with Crippen LogP contribution in [0.4, 0.5) is 0 Å². The van der Waals surface area contributed by atoms with E-state index in [1.54, 1.807) is 5.56 Å². The van der Waals surface area contributed by atoms with E-state index in [1.165, 1.54) is 63.7 Å². The maximum Gasteiger partial charge on any atom is 0.335 e. The van der Waals surface area contributed by atoms with Crippen molar-refractivity contribution >= 4 is 46.4 Å². The number of nitrogens with one attached hydrogen (secondary N) is 1. The number of aromatic amines is 1. The lowest BCUT2D eigenvalue weighted by Gasteiger charge is -2.45. The summed E-state index contributed by atoms with van der Waals surface area (Å²) in [5, 5.41) is 35.4. The Morgan fingerprint density at radius 2 is 1.74 bits per heavy atom. The number of aromatic nitrogens is 1. The van der Waals surface area contributed by atoms with Crippen LogP contribution in [-0.2, 0) is 16.0 Å². The average Bonchev–Trinajstić information content (AvgIpc) is 3.27. The van der Waals surface area contributed by atoms with Crippen molar-refractivity contribution in [1.29, 1.82) is 0 Å². The van der Waals surface area contributed by atoms with Gasteiger partial charge in [-0.1, -0.05) is 49.0 Å². The van der Waals surface area contributed by atoms with Gasteiger partial charge >= 0.3 is 11.9 Å². The predicted molar refractivity (Wildman–Crippen MR) is 155 cm³/mol. The lowest BCUT2D eigenvalue weighted by molar-refractivity contribution is -0.165. The van der Waals surface area contributed by atoms with Crippen LogP contribution >= 0.6 is 23.5 Å². The van der Waals surface area contributed by atoms with Gasteiger partial charge in [-0.25, -0.2) is 9.59 Å². The minimum Gasteiger partial charge on any atom is -0.479 e. The number of thioether (sulfide) groups is 1. The largest absolute Gasteiger partial charge is 0.479 e. The normalized spacial score (nSPS) is 21.9. The molecule has 5 atom stereocenters. The maximum atomic E-state index is 9.77. The van der Waals surface area contributed by atoms with Gasteiger partial charge in [0, 0.05) is 34.3 Å². The lowest BCUT2D eigenvalue weighted by atomic mass is 9.73. The van der Waals surface area contributed by atoms with Crippen molar-refractivity contribution in [1.82, 2.24) is 9.88 Å². The molecule has 1 aliphatic carbocycles. The van der Waals surface area contributed by atoms with Crippen molar-refractivity contribution in [3.8, 4) is 0 Å². The summed E-state index contributed by atoms with van der Waals surface area (Å²) >= 11 is 4.03. The first kappa shape index (κ1) is 29.5. The molecule has 2 heterocycles. The first-order chi connectivity index (χ1) is 18.7. The van der Waals surface area contributed by atoms with E-state index >= 15 is 0 Å². The summed E-state index contributed by atoms with van der Waals surface area (Å²) in [4.78, 5) is 27.3. The van der Waals surface area contributed by atoms with Crippen LogP contribution < -0.4 is 0 Å². The molecule has 8 nitrogen and oxygen atoms in total. The summed E-state index contributed by atoms with van der Waals surface area (Å²) < 4.78 is 0. The number of aliphatic hydroxyl groups is 2. The number of piperidine rings is 1.